The zero-order valence-electron chi connectivity index (χ0n) is 17.6. The van der Waals surface area contributed by atoms with Crippen LogP contribution >= 0.6 is 0 Å². The standard InChI is InChI=1S/C22H35N5O/c1-23-22(24-13-11-21(28)25(2)3)27-15-12-20-19(17-27)10-7-14-26(20)16-18-8-5-4-6-9-18/h4-6,8-9,19-20H,7,10-17H2,1-3H3,(H,23,24). The zero-order chi connectivity index (χ0) is 19.9. The van der Waals surface area contributed by atoms with E-state index in [0.29, 0.717) is 24.9 Å². The van der Waals surface area contributed by atoms with Crippen molar-refractivity contribution in [1.82, 2.24) is 20.0 Å². The van der Waals surface area contributed by atoms with E-state index in [4.69, 9.17) is 0 Å². The molecule has 0 aromatic heterocycles. The molecular formula is C22H35N5O. The van der Waals surface area contributed by atoms with Crippen molar-refractivity contribution in [3.63, 3.8) is 0 Å². The van der Waals surface area contributed by atoms with Gasteiger partial charge in [0, 0.05) is 59.8 Å². The third-order valence-electron chi connectivity index (χ3n) is 6.04. The van der Waals surface area contributed by atoms with Gasteiger partial charge in [0.1, 0.15) is 0 Å². The van der Waals surface area contributed by atoms with E-state index < -0.39 is 0 Å². The van der Waals surface area contributed by atoms with Gasteiger partial charge >= 0.3 is 0 Å². The summed E-state index contributed by atoms with van der Waals surface area (Å²) >= 11 is 0. The van der Waals surface area contributed by atoms with E-state index in [1.54, 1.807) is 19.0 Å². The largest absolute Gasteiger partial charge is 0.356 e. The Hall–Kier alpha value is -2.08. The van der Waals surface area contributed by atoms with Crippen molar-refractivity contribution in [2.75, 3.05) is 47.3 Å². The highest BCUT2D eigenvalue weighted by molar-refractivity contribution is 5.81. The van der Waals surface area contributed by atoms with Crippen LogP contribution in [0.25, 0.3) is 0 Å². The van der Waals surface area contributed by atoms with Gasteiger partial charge in [-0.05, 0) is 37.3 Å². The minimum Gasteiger partial charge on any atom is -0.356 e. The number of piperidine rings is 2. The van der Waals surface area contributed by atoms with Gasteiger partial charge in [-0.3, -0.25) is 14.7 Å². The Labute approximate surface area is 169 Å². The number of fused-ring (bicyclic) bond motifs is 1. The molecule has 28 heavy (non-hydrogen) atoms. The summed E-state index contributed by atoms with van der Waals surface area (Å²) in [6, 6.07) is 11.5. The number of amides is 1. The number of aliphatic imine (C=N–C) groups is 1. The summed E-state index contributed by atoms with van der Waals surface area (Å²) in [4.78, 5) is 23.0. The summed E-state index contributed by atoms with van der Waals surface area (Å²) in [5.41, 5.74) is 1.41. The Kier molecular flexibility index (Phi) is 7.31. The van der Waals surface area contributed by atoms with Gasteiger partial charge in [0.15, 0.2) is 5.96 Å². The van der Waals surface area contributed by atoms with Crippen LogP contribution in [-0.2, 0) is 11.3 Å². The molecule has 0 aliphatic carbocycles. The van der Waals surface area contributed by atoms with Crippen LogP contribution in [0.5, 0.6) is 0 Å². The second-order valence-electron chi connectivity index (χ2n) is 8.17. The molecule has 0 saturated carbocycles. The first-order valence-corrected chi connectivity index (χ1v) is 10.5. The Bertz CT molecular complexity index is 660. The average Bonchev–Trinajstić information content (AvgIpc) is 2.71. The molecule has 1 amide bonds. The number of nitrogens with zero attached hydrogens (tertiary/aromatic N) is 4. The van der Waals surface area contributed by atoms with Crippen molar-refractivity contribution in [2.45, 2.75) is 38.3 Å². The number of carbonyl (C=O) groups excluding carboxylic acids is 1. The topological polar surface area (TPSA) is 51.2 Å². The molecule has 2 aliphatic heterocycles. The van der Waals surface area contributed by atoms with E-state index in [1.807, 2.05) is 7.05 Å². The summed E-state index contributed by atoms with van der Waals surface area (Å²) in [6.45, 7) is 4.97. The minimum absolute atomic E-state index is 0.144. The van der Waals surface area contributed by atoms with Gasteiger partial charge in [-0.15, -0.1) is 0 Å². The quantitative estimate of drug-likeness (QED) is 0.622. The maximum absolute atomic E-state index is 11.8. The minimum atomic E-state index is 0.144. The van der Waals surface area contributed by atoms with E-state index in [9.17, 15) is 4.79 Å². The van der Waals surface area contributed by atoms with Crippen LogP contribution in [-0.4, -0.2) is 79.9 Å². The van der Waals surface area contributed by atoms with Gasteiger partial charge in [-0.2, -0.15) is 0 Å². The van der Waals surface area contributed by atoms with Crippen LogP contribution < -0.4 is 5.32 Å². The highest BCUT2D eigenvalue weighted by Crippen LogP contribution is 2.31. The van der Waals surface area contributed by atoms with Crippen LogP contribution in [0.2, 0.25) is 0 Å². The zero-order valence-corrected chi connectivity index (χ0v) is 17.6. The SMILES string of the molecule is CN=C(NCCC(=O)N(C)C)N1CCC2C(CCCN2Cc2ccccc2)C1. The number of benzene rings is 1. The second kappa shape index (κ2) is 9.92. The molecule has 6 heteroatoms. The lowest BCUT2D eigenvalue weighted by Gasteiger charge is -2.48. The van der Waals surface area contributed by atoms with Crippen LogP contribution in [0, 0.1) is 5.92 Å². The Balaban J connectivity index is 1.53. The van der Waals surface area contributed by atoms with Crippen LogP contribution in [0.1, 0.15) is 31.2 Å². The smallest absolute Gasteiger partial charge is 0.223 e. The van der Waals surface area contributed by atoms with Crippen molar-refractivity contribution >= 4 is 11.9 Å². The normalized spacial score (nSPS) is 23.2. The van der Waals surface area contributed by atoms with Crippen molar-refractivity contribution < 1.29 is 4.79 Å². The number of hydrogen-bond acceptors (Lipinski definition) is 3. The lowest BCUT2D eigenvalue weighted by Crippen LogP contribution is -2.56. The number of hydrogen-bond donors (Lipinski definition) is 1. The fraction of sp³-hybridized carbons (Fsp3) is 0.636. The molecule has 0 spiro atoms. The van der Waals surface area contributed by atoms with Crippen LogP contribution in [0.4, 0.5) is 0 Å². The first kappa shape index (κ1) is 20.6. The number of likely N-dealkylation sites (tertiary alicyclic amines) is 2. The Morgan fingerprint density at radius 3 is 2.71 bits per heavy atom. The van der Waals surface area contributed by atoms with E-state index in [0.717, 1.165) is 25.6 Å². The lowest BCUT2D eigenvalue weighted by molar-refractivity contribution is -0.128. The average molecular weight is 386 g/mol. The highest BCUT2D eigenvalue weighted by atomic mass is 16.2. The molecule has 2 aliphatic rings. The Morgan fingerprint density at radius 2 is 2.00 bits per heavy atom. The number of guanidine groups is 1. The van der Waals surface area contributed by atoms with Crippen molar-refractivity contribution in [2.24, 2.45) is 10.9 Å². The predicted octanol–water partition coefficient (Wildman–Crippen LogP) is 2.03. The molecule has 1 aromatic rings. The molecule has 1 N–H and O–H groups in total. The number of nitrogens with one attached hydrogen (secondary N) is 1. The van der Waals surface area contributed by atoms with Gasteiger partial charge in [0.05, 0.1) is 0 Å². The molecule has 2 heterocycles. The van der Waals surface area contributed by atoms with Gasteiger partial charge in [-0.1, -0.05) is 30.3 Å². The molecule has 154 valence electrons. The maximum Gasteiger partial charge on any atom is 0.223 e. The molecule has 1 aromatic carbocycles. The molecule has 3 rings (SSSR count). The third-order valence-corrected chi connectivity index (χ3v) is 6.04. The molecule has 0 radical (unpaired) electrons. The third kappa shape index (κ3) is 5.25. The van der Waals surface area contributed by atoms with Gasteiger partial charge in [0.2, 0.25) is 5.91 Å². The highest BCUT2D eigenvalue weighted by Gasteiger charge is 2.36. The summed E-state index contributed by atoms with van der Waals surface area (Å²) in [5.74, 6) is 1.77. The summed E-state index contributed by atoms with van der Waals surface area (Å²) in [5, 5.41) is 3.39. The molecule has 2 fully saturated rings. The fourth-order valence-electron chi connectivity index (χ4n) is 4.55. The van der Waals surface area contributed by atoms with Crippen molar-refractivity contribution in [3.05, 3.63) is 35.9 Å². The van der Waals surface area contributed by atoms with E-state index in [1.165, 1.54) is 31.4 Å². The molecule has 6 nitrogen and oxygen atoms in total. The summed E-state index contributed by atoms with van der Waals surface area (Å²) < 4.78 is 0. The first-order chi connectivity index (χ1) is 13.6. The molecular weight excluding hydrogens is 350 g/mol. The number of rotatable bonds is 5. The van der Waals surface area contributed by atoms with Gasteiger partial charge in [0.25, 0.3) is 0 Å². The fourth-order valence-corrected chi connectivity index (χ4v) is 4.55. The van der Waals surface area contributed by atoms with Gasteiger partial charge < -0.3 is 15.1 Å². The van der Waals surface area contributed by atoms with Crippen molar-refractivity contribution in [1.29, 1.82) is 0 Å². The summed E-state index contributed by atoms with van der Waals surface area (Å²) in [7, 11) is 5.43. The molecule has 0 bridgehead atoms. The van der Waals surface area contributed by atoms with Crippen molar-refractivity contribution in [3.8, 4) is 0 Å². The predicted molar refractivity (Wildman–Crippen MR) is 114 cm³/mol. The number of carbonyl (C=O) groups is 1. The maximum atomic E-state index is 11.8. The Morgan fingerprint density at radius 1 is 1.21 bits per heavy atom. The second-order valence-corrected chi connectivity index (χ2v) is 8.17. The monoisotopic (exact) mass is 385 g/mol. The van der Waals surface area contributed by atoms with Crippen LogP contribution in [0.3, 0.4) is 0 Å². The first-order valence-electron chi connectivity index (χ1n) is 10.5. The molecule has 2 saturated heterocycles. The van der Waals surface area contributed by atoms with E-state index in [-0.39, 0.29) is 5.91 Å². The molecule has 2 atom stereocenters. The molecule has 2 unspecified atom stereocenters. The summed E-state index contributed by atoms with van der Waals surface area (Å²) in [6.07, 6.45) is 4.24. The van der Waals surface area contributed by atoms with Crippen LogP contribution in [0.15, 0.2) is 35.3 Å². The van der Waals surface area contributed by atoms with E-state index >= 15 is 0 Å². The van der Waals surface area contributed by atoms with E-state index in [2.05, 4.69) is 50.4 Å². The lowest BCUT2D eigenvalue weighted by atomic mass is 9.83. The van der Waals surface area contributed by atoms with Gasteiger partial charge in [-0.25, -0.2) is 0 Å².